The van der Waals surface area contributed by atoms with E-state index in [1.165, 1.54) is 0 Å². The molecule has 0 spiro atoms. The molecule has 92 valence electrons. The van der Waals surface area contributed by atoms with Crippen LogP contribution in [0.2, 0.25) is 0 Å². The topological polar surface area (TPSA) is 46.5 Å². The highest BCUT2D eigenvalue weighted by molar-refractivity contribution is 5.78. The van der Waals surface area contributed by atoms with Gasteiger partial charge in [0.2, 0.25) is 0 Å². The van der Waals surface area contributed by atoms with E-state index in [1.807, 2.05) is 30.3 Å². The molecule has 1 rings (SSSR count). The van der Waals surface area contributed by atoms with Crippen LogP contribution in [0.3, 0.4) is 0 Å². The number of aliphatic hydroxyl groups excluding tert-OH is 1. The highest BCUT2D eigenvalue weighted by Gasteiger charge is 2.19. The molecule has 0 fully saturated rings. The van der Waals surface area contributed by atoms with Crippen molar-refractivity contribution in [2.75, 3.05) is 0 Å². The van der Waals surface area contributed by atoms with Crippen molar-refractivity contribution in [3.05, 3.63) is 42.5 Å². The van der Waals surface area contributed by atoms with Crippen LogP contribution in [0.1, 0.15) is 25.8 Å². The van der Waals surface area contributed by atoms with E-state index in [9.17, 15) is 9.90 Å². The molecule has 0 amide bonds. The van der Waals surface area contributed by atoms with Crippen LogP contribution in [0.15, 0.2) is 36.9 Å². The summed E-state index contributed by atoms with van der Waals surface area (Å²) in [7, 11) is 0. The lowest BCUT2D eigenvalue weighted by atomic mass is 10.0. The Kier molecular flexibility index (Phi) is 4.91. The standard InChI is InChI=1S/C14H18O3/c1-10(2)17-14(16)13(15)9-11(3)12-7-5-4-6-8-12/h4-8,10,13,15H,3,9H2,1-2H3/t13-/m1/s1. The predicted molar refractivity (Wildman–Crippen MR) is 67.3 cm³/mol. The molecule has 0 saturated heterocycles. The summed E-state index contributed by atoms with van der Waals surface area (Å²) >= 11 is 0. The van der Waals surface area contributed by atoms with Crippen molar-refractivity contribution in [3.63, 3.8) is 0 Å². The molecule has 17 heavy (non-hydrogen) atoms. The predicted octanol–water partition coefficient (Wildman–Crippen LogP) is 2.40. The minimum absolute atomic E-state index is 0.190. The molecule has 1 aromatic rings. The average Bonchev–Trinajstić information content (AvgIpc) is 2.29. The summed E-state index contributed by atoms with van der Waals surface area (Å²) in [5, 5.41) is 9.66. The molecule has 0 aliphatic rings. The maximum Gasteiger partial charge on any atom is 0.335 e. The third-order valence-electron chi connectivity index (χ3n) is 2.25. The Hall–Kier alpha value is -1.61. The molecule has 1 N–H and O–H groups in total. The number of esters is 1. The molecule has 0 aromatic heterocycles. The van der Waals surface area contributed by atoms with Gasteiger partial charge in [0.05, 0.1) is 6.10 Å². The largest absolute Gasteiger partial charge is 0.461 e. The van der Waals surface area contributed by atoms with Crippen LogP contribution in [0.5, 0.6) is 0 Å². The molecule has 0 aliphatic carbocycles. The minimum Gasteiger partial charge on any atom is -0.461 e. The molecular weight excluding hydrogens is 216 g/mol. The zero-order chi connectivity index (χ0) is 12.8. The van der Waals surface area contributed by atoms with Gasteiger partial charge >= 0.3 is 5.97 Å². The zero-order valence-corrected chi connectivity index (χ0v) is 10.2. The summed E-state index contributed by atoms with van der Waals surface area (Å²) < 4.78 is 4.92. The van der Waals surface area contributed by atoms with Crippen LogP contribution in [0.4, 0.5) is 0 Å². The van der Waals surface area contributed by atoms with Crippen LogP contribution in [-0.4, -0.2) is 23.3 Å². The monoisotopic (exact) mass is 234 g/mol. The Labute approximate surface area is 102 Å². The van der Waals surface area contributed by atoms with E-state index in [2.05, 4.69) is 6.58 Å². The molecule has 1 atom stereocenters. The minimum atomic E-state index is -1.15. The van der Waals surface area contributed by atoms with Gasteiger partial charge in [0.1, 0.15) is 0 Å². The van der Waals surface area contributed by atoms with E-state index in [1.54, 1.807) is 13.8 Å². The summed E-state index contributed by atoms with van der Waals surface area (Å²) in [5.41, 5.74) is 1.64. The van der Waals surface area contributed by atoms with Crippen molar-refractivity contribution < 1.29 is 14.6 Å². The number of hydrogen-bond acceptors (Lipinski definition) is 3. The molecule has 0 radical (unpaired) electrons. The van der Waals surface area contributed by atoms with Gasteiger partial charge in [0.15, 0.2) is 6.10 Å². The lowest BCUT2D eigenvalue weighted by Crippen LogP contribution is -2.25. The van der Waals surface area contributed by atoms with Crippen molar-refractivity contribution in [3.8, 4) is 0 Å². The molecular formula is C14H18O3. The number of aliphatic hydroxyl groups is 1. The number of rotatable bonds is 5. The maximum atomic E-state index is 11.4. The maximum absolute atomic E-state index is 11.4. The highest BCUT2D eigenvalue weighted by atomic mass is 16.6. The average molecular weight is 234 g/mol. The lowest BCUT2D eigenvalue weighted by Gasteiger charge is -2.14. The second kappa shape index (κ2) is 6.21. The number of hydrogen-bond donors (Lipinski definition) is 1. The van der Waals surface area contributed by atoms with E-state index >= 15 is 0 Å². The lowest BCUT2D eigenvalue weighted by molar-refractivity contribution is -0.157. The normalized spacial score (nSPS) is 12.2. The quantitative estimate of drug-likeness (QED) is 0.796. The second-order valence-electron chi connectivity index (χ2n) is 4.18. The number of benzene rings is 1. The summed E-state index contributed by atoms with van der Waals surface area (Å²) in [5.74, 6) is -0.600. The smallest absolute Gasteiger partial charge is 0.335 e. The van der Waals surface area contributed by atoms with Gasteiger partial charge in [-0.3, -0.25) is 0 Å². The summed E-state index contributed by atoms with van der Waals surface area (Å²) in [6.45, 7) is 7.35. The van der Waals surface area contributed by atoms with Gasteiger partial charge in [-0.2, -0.15) is 0 Å². The first-order valence-electron chi connectivity index (χ1n) is 5.62. The van der Waals surface area contributed by atoms with Crippen molar-refractivity contribution in [1.82, 2.24) is 0 Å². The number of ether oxygens (including phenoxy) is 1. The molecule has 0 bridgehead atoms. The first-order valence-corrected chi connectivity index (χ1v) is 5.62. The Balaban J connectivity index is 2.55. The third kappa shape index (κ3) is 4.41. The Morgan fingerprint density at radius 1 is 1.35 bits per heavy atom. The van der Waals surface area contributed by atoms with Crippen LogP contribution >= 0.6 is 0 Å². The fourth-order valence-electron chi connectivity index (χ4n) is 1.42. The van der Waals surface area contributed by atoms with Crippen LogP contribution in [0.25, 0.3) is 5.57 Å². The molecule has 0 unspecified atom stereocenters. The third-order valence-corrected chi connectivity index (χ3v) is 2.25. The molecule has 1 aromatic carbocycles. The van der Waals surface area contributed by atoms with Gasteiger partial charge in [0.25, 0.3) is 0 Å². The van der Waals surface area contributed by atoms with Crippen molar-refractivity contribution in [2.24, 2.45) is 0 Å². The van der Waals surface area contributed by atoms with Crippen LogP contribution in [-0.2, 0) is 9.53 Å². The fraction of sp³-hybridized carbons (Fsp3) is 0.357. The van der Waals surface area contributed by atoms with E-state index in [0.29, 0.717) is 0 Å². The Bertz CT molecular complexity index is 382. The first-order chi connectivity index (χ1) is 8.00. The van der Waals surface area contributed by atoms with E-state index < -0.39 is 12.1 Å². The van der Waals surface area contributed by atoms with Gasteiger partial charge < -0.3 is 9.84 Å². The van der Waals surface area contributed by atoms with Crippen LogP contribution in [0, 0.1) is 0 Å². The molecule has 0 heterocycles. The molecule has 0 aliphatic heterocycles. The van der Waals surface area contributed by atoms with Gasteiger partial charge in [-0.25, -0.2) is 4.79 Å². The Morgan fingerprint density at radius 3 is 2.47 bits per heavy atom. The fourth-order valence-corrected chi connectivity index (χ4v) is 1.42. The summed E-state index contributed by atoms with van der Waals surface area (Å²) in [6.07, 6.45) is -1.18. The molecule has 0 saturated carbocycles. The van der Waals surface area contributed by atoms with Crippen molar-refractivity contribution in [2.45, 2.75) is 32.5 Å². The Morgan fingerprint density at radius 2 is 1.94 bits per heavy atom. The first kappa shape index (κ1) is 13.5. The van der Waals surface area contributed by atoms with Crippen LogP contribution < -0.4 is 0 Å². The summed E-state index contributed by atoms with van der Waals surface area (Å²) in [6, 6.07) is 9.46. The van der Waals surface area contributed by atoms with Gasteiger partial charge in [-0.1, -0.05) is 36.9 Å². The van der Waals surface area contributed by atoms with E-state index in [-0.39, 0.29) is 12.5 Å². The molecule has 3 heteroatoms. The number of carbonyl (C=O) groups excluding carboxylic acids is 1. The van der Waals surface area contributed by atoms with Crippen molar-refractivity contribution in [1.29, 1.82) is 0 Å². The van der Waals surface area contributed by atoms with E-state index in [4.69, 9.17) is 4.74 Å². The molecule has 3 nitrogen and oxygen atoms in total. The van der Waals surface area contributed by atoms with Gasteiger partial charge in [-0.05, 0) is 25.0 Å². The zero-order valence-electron chi connectivity index (χ0n) is 10.2. The summed E-state index contributed by atoms with van der Waals surface area (Å²) in [4.78, 5) is 11.4. The van der Waals surface area contributed by atoms with Gasteiger partial charge in [-0.15, -0.1) is 0 Å². The SMILES string of the molecule is C=C(C[C@@H](O)C(=O)OC(C)C)c1ccccc1. The second-order valence-corrected chi connectivity index (χ2v) is 4.18. The van der Waals surface area contributed by atoms with Gasteiger partial charge in [0, 0.05) is 6.42 Å². The van der Waals surface area contributed by atoms with E-state index in [0.717, 1.165) is 11.1 Å². The number of carbonyl (C=O) groups is 1. The van der Waals surface area contributed by atoms with Crippen molar-refractivity contribution >= 4 is 11.5 Å². The highest BCUT2D eigenvalue weighted by Crippen LogP contribution is 2.18.